The fourth-order valence-electron chi connectivity index (χ4n) is 2.73. The van der Waals surface area contributed by atoms with Crippen LogP contribution in [0.15, 0.2) is 41.5 Å². The first kappa shape index (κ1) is 27.2. The van der Waals surface area contributed by atoms with Gasteiger partial charge < -0.3 is 20.4 Å². The lowest BCUT2D eigenvalue weighted by Crippen LogP contribution is -2.41. The summed E-state index contributed by atoms with van der Waals surface area (Å²) in [5, 5.41) is 7.82. The second kappa shape index (κ2) is 14.2. The molecule has 7 nitrogen and oxygen atoms in total. The molecule has 0 saturated heterocycles. The van der Waals surface area contributed by atoms with Crippen molar-refractivity contribution in [2.75, 3.05) is 52.2 Å². The van der Waals surface area contributed by atoms with Gasteiger partial charge in [-0.2, -0.15) is 0 Å². The van der Waals surface area contributed by atoms with Gasteiger partial charge in [-0.1, -0.05) is 25.1 Å². The van der Waals surface area contributed by atoms with E-state index in [1.54, 1.807) is 30.3 Å². The van der Waals surface area contributed by atoms with Crippen LogP contribution >= 0.6 is 35.3 Å². The number of aromatic nitrogens is 1. The van der Waals surface area contributed by atoms with E-state index in [9.17, 15) is 4.79 Å². The fourth-order valence-corrected chi connectivity index (χ4v) is 3.56. The number of guanidine groups is 1. The number of halogens is 1. The standard InChI is InChI=1S/C22H34N6OS.HI/c1-17(21-24-15-18(2)30-21)14-25-22(26-16-20(29)27(3)4)23-12-9-13-28(5)19-10-7-6-8-11-19;/h6-8,10-11,15,17H,9,12-14,16H2,1-5H3,(H2,23,25,26);1H. The van der Waals surface area contributed by atoms with Gasteiger partial charge in [-0.25, -0.2) is 9.98 Å². The molecular formula is C22H35IN6OS. The van der Waals surface area contributed by atoms with E-state index >= 15 is 0 Å². The van der Waals surface area contributed by atoms with Crippen LogP contribution in [0.4, 0.5) is 5.69 Å². The number of aliphatic imine (C=N–C) groups is 1. The smallest absolute Gasteiger partial charge is 0.243 e. The Labute approximate surface area is 207 Å². The number of nitrogens with one attached hydrogen (secondary N) is 2. The number of anilines is 1. The summed E-state index contributed by atoms with van der Waals surface area (Å²) in [6.45, 7) is 6.73. The van der Waals surface area contributed by atoms with Gasteiger partial charge in [0.1, 0.15) is 6.54 Å². The minimum atomic E-state index is -0.0245. The van der Waals surface area contributed by atoms with Crippen molar-refractivity contribution in [3.8, 4) is 0 Å². The highest BCUT2D eigenvalue weighted by Crippen LogP contribution is 2.20. The predicted molar refractivity (Wildman–Crippen MR) is 142 cm³/mol. The highest BCUT2D eigenvalue weighted by atomic mass is 127. The van der Waals surface area contributed by atoms with Gasteiger partial charge in [-0.05, 0) is 25.5 Å². The quantitative estimate of drug-likeness (QED) is 0.203. The molecule has 9 heteroatoms. The molecule has 0 bridgehead atoms. The molecule has 1 unspecified atom stereocenters. The molecule has 1 amide bonds. The third-order valence-corrected chi connectivity index (χ3v) is 5.81. The largest absolute Gasteiger partial charge is 0.375 e. The van der Waals surface area contributed by atoms with Crippen molar-refractivity contribution < 1.29 is 4.79 Å². The number of thiazole rings is 1. The molecule has 0 aliphatic rings. The molecule has 2 rings (SSSR count). The Kier molecular flexibility index (Phi) is 12.5. The van der Waals surface area contributed by atoms with Crippen molar-refractivity contribution >= 4 is 52.9 Å². The first-order valence-corrected chi connectivity index (χ1v) is 11.1. The lowest BCUT2D eigenvalue weighted by molar-refractivity contribution is -0.127. The van der Waals surface area contributed by atoms with Gasteiger partial charge in [0.25, 0.3) is 0 Å². The Balaban J connectivity index is 0.00000480. The van der Waals surface area contributed by atoms with Crippen molar-refractivity contribution in [3.05, 3.63) is 46.4 Å². The monoisotopic (exact) mass is 558 g/mol. The van der Waals surface area contributed by atoms with Crippen LogP contribution in [0, 0.1) is 6.92 Å². The van der Waals surface area contributed by atoms with Gasteiger partial charge in [-0.15, -0.1) is 35.3 Å². The van der Waals surface area contributed by atoms with Crippen LogP contribution in [0.25, 0.3) is 0 Å². The normalized spacial score (nSPS) is 12.0. The predicted octanol–water partition coefficient (Wildman–Crippen LogP) is 3.32. The zero-order chi connectivity index (χ0) is 21.9. The van der Waals surface area contributed by atoms with Crippen LogP contribution in [-0.4, -0.2) is 69.1 Å². The maximum absolute atomic E-state index is 11.9. The minimum absolute atomic E-state index is 0. The molecule has 2 N–H and O–H groups in total. The summed E-state index contributed by atoms with van der Waals surface area (Å²) in [5.41, 5.74) is 1.20. The number of rotatable bonds is 10. The summed E-state index contributed by atoms with van der Waals surface area (Å²) in [7, 11) is 5.57. The topological polar surface area (TPSA) is 72.9 Å². The van der Waals surface area contributed by atoms with E-state index in [1.807, 2.05) is 24.4 Å². The van der Waals surface area contributed by atoms with Crippen molar-refractivity contribution in [2.45, 2.75) is 26.2 Å². The van der Waals surface area contributed by atoms with Gasteiger partial charge in [0.05, 0.1) is 5.01 Å². The van der Waals surface area contributed by atoms with E-state index in [0.29, 0.717) is 12.5 Å². The van der Waals surface area contributed by atoms with E-state index in [-0.39, 0.29) is 42.3 Å². The molecule has 0 radical (unpaired) electrons. The molecule has 31 heavy (non-hydrogen) atoms. The summed E-state index contributed by atoms with van der Waals surface area (Å²) in [5.74, 6) is 0.903. The van der Waals surface area contributed by atoms with Gasteiger partial charge >= 0.3 is 0 Å². The molecule has 2 aromatic rings. The van der Waals surface area contributed by atoms with E-state index in [0.717, 1.165) is 24.5 Å². The van der Waals surface area contributed by atoms with Gasteiger partial charge in [0.2, 0.25) is 5.91 Å². The Morgan fingerprint density at radius 1 is 1.19 bits per heavy atom. The summed E-state index contributed by atoms with van der Waals surface area (Å²) in [6, 6.07) is 10.3. The van der Waals surface area contributed by atoms with Crippen LogP contribution in [0.1, 0.15) is 29.1 Å². The van der Waals surface area contributed by atoms with E-state index < -0.39 is 0 Å². The first-order valence-electron chi connectivity index (χ1n) is 10.3. The average molecular weight is 559 g/mol. The van der Waals surface area contributed by atoms with Crippen molar-refractivity contribution in [2.24, 2.45) is 4.99 Å². The first-order chi connectivity index (χ1) is 14.4. The summed E-state index contributed by atoms with van der Waals surface area (Å²) in [6.07, 6.45) is 2.86. The maximum Gasteiger partial charge on any atom is 0.243 e. The zero-order valence-electron chi connectivity index (χ0n) is 19.1. The zero-order valence-corrected chi connectivity index (χ0v) is 22.2. The highest BCUT2D eigenvalue weighted by molar-refractivity contribution is 14.0. The van der Waals surface area contributed by atoms with Crippen molar-refractivity contribution in [1.29, 1.82) is 0 Å². The average Bonchev–Trinajstić information content (AvgIpc) is 3.18. The number of carbonyl (C=O) groups is 1. The third kappa shape index (κ3) is 9.86. The highest BCUT2D eigenvalue weighted by Gasteiger charge is 2.11. The second-order valence-corrected chi connectivity index (χ2v) is 8.85. The molecule has 1 atom stereocenters. The van der Waals surface area contributed by atoms with E-state index in [2.05, 4.69) is 58.5 Å². The molecule has 0 aliphatic carbocycles. The maximum atomic E-state index is 11.9. The summed E-state index contributed by atoms with van der Waals surface area (Å²) < 4.78 is 0. The Hall–Kier alpha value is -1.88. The second-order valence-electron chi connectivity index (χ2n) is 7.58. The number of carbonyl (C=O) groups excluding carboxylic acids is 1. The van der Waals surface area contributed by atoms with Gasteiger partial charge in [0, 0.05) is 63.5 Å². The Morgan fingerprint density at radius 3 is 2.52 bits per heavy atom. The molecule has 0 saturated carbocycles. The minimum Gasteiger partial charge on any atom is -0.375 e. The molecule has 1 aromatic carbocycles. The lowest BCUT2D eigenvalue weighted by Gasteiger charge is -2.20. The molecular weight excluding hydrogens is 523 g/mol. The molecule has 1 aromatic heterocycles. The summed E-state index contributed by atoms with van der Waals surface area (Å²) in [4.78, 5) is 25.9. The molecule has 1 heterocycles. The van der Waals surface area contributed by atoms with Gasteiger partial charge in [0.15, 0.2) is 5.96 Å². The van der Waals surface area contributed by atoms with Crippen molar-refractivity contribution in [1.82, 2.24) is 20.5 Å². The Morgan fingerprint density at radius 2 is 1.90 bits per heavy atom. The number of benzene rings is 1. The number of likely N-dealkylation sites (N-methyl/N-ethyl adjacent to an activating group) is 1. The number of amides is 1. The lowest BCUT2D eigenvalue weighted by atomic mass is 10.2. The van der Waals surface area contributed by atoms with E-state index in [4.69, 9.17) is 0 Å². The summed E-state index contributed by atoms with van der Waals surface area (Å²) >= 11 is 1.71. The van der Waals surface area contributed by atoms with Crippen molar-refractivity contribution in [3.63, 3.8) is 0 Å². The molecule has 0 fully saturated rings. The molecule has 0 spiro atoms. The van der Waals surface area contributed by atoms with Crippen LogP contribution in [0.2, 0.25) is 0 Å². The van der Waals surface area contributed by atoms with E-state index in [1.165, 1.54) is 10.6 Å². The van der Waals surface area contributed by atoms with Crippen LogP contribution < -0.4 is 15.5 Å². The Bertz CT molecular complexity index is 811. The van der Waals surface area contributed by atoms with Crippen LogP contribution in [0.5, 0.6) is 0 Å². The SMILES string of the molecule is Cc1cnc(C(C)CNC(=NCC(=O)N(C)C)NCCCN(C)c2ccccc2)s1.I. The number of aryl methyl sites for hydroxylation is 1. The number of hydrogen-bond acceptors (Lipinski definition) is 5. The third-order valence-electron chi connectivity index (χ3n) is 4.67. The number of nitrogens with zero attached hydrogens (tertiary/aromatic N) is 4. The van der Waals surface area contributed by atoms with Gasteiger partial charge in [-0.3, -0.25) is 4.79 Å². The molecule has 0 aliphatic heterocycles. The van der Waals surface area contributed by atoms with Crippen LogP contribution in [0.3, 0.4) is 0 Å². The molecule has 172 valence electrons. The number of para-hydroxylation sites is 1. The van der Waals surface area contributed by atoms with Crippen LogP contribution in [-0.2, 0) is 4.79 Å². The number of hydrogen-bond donors (Lipinski definition) is 2. The fraction of sp³-hybridized carbons (Fsp3) is 0.500.